The predicted molar refractivity (Wildman–Crippen MR) is 119 cm³/mol. The molecule has 2 aromatic rings. The lowest BCUT2D eigenvalue weighted by molar-refractivity contribution is -0.118. The lowest BCUT2D eigenvalue weighted by atomic mass is 10.1. The van der Waals surface area contributed by atoms with Crippen molar-refractivity contribution in [3.63, 3.8) is 0 Å². The molecule has 29 heavy (non-hydrogen) atoms. The van der Waals surface area contributed by atoms with Gasteiger partial charge >= 0.3 is 0 Å². The van der Waals surface area contributed by atoms with E-state index in [4.69, 9.17) is 4.74 Å². The molecule has 0 spiro atoms. The summed E-state index contributed by atoms with van der Waals surface area (Å²) in [6, 6.07) is 16.2. The second-order valence-corrected chi connectivity index (χ2v) is 7.79. The molecular formula is C22H27N3O3S. The molecule has 1 atom stereocenters. The summed E-state index contributed by atoms with van der Waals surface area (Å²) < 4.78 is 5.38. The van der Waals surface area contributed by atoms with E-state index in [0.29, 0.717) is 12.0 Å². The molecule has 0 saturated carbocycles. The minimum atomic E-state index is -0.589. The summed E-state index contributed by atoms with van der Waals surface area (Å²) in [5, 5.41) is 5.80. The molecule has 1 aliphatic heterocycles. The minimum absolute atomic E-state index is 0.206. The molecule has 7 heteroatoms. The van der Waals surface area contributed by atoms with Crippen molar-refractivity contribution in [3.05, 3.63) is 60.2 Å². The largest absolute Gasteiger partial charge is 0.378 e. The molecule has 2 aromatic carbocycles. The first-order valence-electron chi connectivity index (χ1n) is 9.76. The normalized spacial score (nSPS) is 14.9. The fraction of sp³-hybridized carbons (Fsp3) is 0.364. The van der Waals surface area contributed by atoms with Crippen LogP contribution >= 0.6 is 11.8 Å². The summed E-state index contributed by atoms with van der Waals surface area (Å²) in [4.78, 5) is 27.6. The highest BCUT2D eigenvalue weighted by Gasteiger charge is 2.21. The van der Waals surface area contributed by atoms with Gasteiger partial charge in [-0.05, 0) is 54.8 Å². The Balaban J connectivity index is 1.62. The van der Waals surface area contributed by atoms with E-state index in [1.165, 1.54) is 0 Å². The lowest BCUT2D eigenvalue weighted by Crippen LogP contribution is -2.44. The number of hydrogen-bond donors (Lipinski definition) is 2. The summed E-state index contributed by atoms with van der Waals surface area (Å²) in [5.74, 6) is 0.334. The van der Waals surface area contributed by atoms with Crippen LogP contribution in [0.3, 0.4) is 0 Å². The molecule has 0 bridgehead atoms. The van der Waals surface area contributed by atoms with Crippen molar-refractivity contribution < 1.29 is 14.3 Å². The summed E-state index contributed by atoms with van der Waals surface area (Å²) in [6.07, 6.45) is 2.55. The highest BCUT2D eigenvalue weighted by atomic mass is 32.2. The predicted octanol–water partition coefficient (Wildman–Crippen LogP) is 3.01. The molecule has 1 heterocycles. The standard InChI is InChI=1S/C22H27N3O3S/c1-29-16-11-20(24-21(26)17-5-3-2-4-6-17)22(27)23-18-7-9-19(10-8-18)25-12-14-28-15-13-25/h2-10,20H,11-16H2,1H3,(H,23,27)(H,24,26)/t20-/m1/s1. The maximum Gasteiger partial charge on any atom is 0.251 e. The van der Waals surface area contributed by atoms with E-state index in [-0.39, 0.29) is 11.8 Å². The molecule has 2 N–H and O–H groups in total. The van der Waals surface area contributed by atoms with Gasteiger partial charge in [0.15, 0.2) is 0 Å². The fourth-order valence-corrected chi connectivity index (χ4v) is 3.61. The van der Waals surface area contributed by atoms with Gasteiger partial charge in [0.1, 0.15) is 6.04 Å². The quantitative estimate of drug-likeness (QED) is 0.696. The topological polar surface area (TPSA) is 70.7 Å². The van der Waals surface area contributed by atoms with Crippen LogP contribution in [0.25, 0.3) is 0 Å². The van der Waals surface area contributed by atoms with Crippen LogP contribution in [0, 0.1) is 0 Å². The Labute approximate surface area is 176 Å². The maximum absolute atomic E-state index is 12.8. The van der Waals surface area contributed by atoms with E-state index in [1.54, 1.807) is 23.9 Å². The van der Waals surface area contributed by atoms with Gasteiger partial charge in [-0.1, -0.05) is 18.2 Å². The van der Waals surface area contributed by atoms with Gasteiger partial charge in [0, 0.05) is 30.0 Å². The third-order valence-corrected chi connectivity index (χ3v) is 5.42. The third kappa shape index (κ3) is 6.24. The molecule has 154 valence electrons. The van der Waals surface area contributed by atoms with Crippen LogP contribution in [-0.2, 0) is 9.53 Å². The molecule has 0 unspecified atom stereocenters. The van der Waals surface area contributed by atoms with E-state index in [9.17, 15) is 9.59 Å². The highest BCUT2D eigenvalue weighted by Crippen LogP contribution is 2.19. The molecular weight excluding hydrogens is 386 g/mol. The molecule has 0 aromatic heterocycles. The molecule has 1 aliphatic rings. The first-order valence-corrected chi connectivity index (χ1v) is 11.2. The average molecular weight is 414 g/mol. The third-order valence-electron chi connectivity index (χ3n) is 4.78. The van der Waals surface area contributed by atoms with Crippen molar-refractivity contribution in [2.75, 3.05) is 48.5 Å². The molecule has 1 fully saturated rings. The van der Waals surface area contributed by atoms with Crippen molar-refractivity contribution in [1.82, 2.24) is 5.32 Å². The number of nitrogens with zero attached hydrogens (tertiary/aromatic N) is 1. The van der Waals surface area contributed by atoms with Crippen LogP contribution in [0.4, 0.5) is 11.4 Å². The zero-order valence-electron chi connectivity index (χ0n) is 16.6. The number of morpholine rings is 1. The van der Waals surface area contributed by atoms with Crippen LogP contribution in [0.5, 0.6) is 0 Å². The SMILES string of the molecule is CSCC[C@@H](NC(=O)c1ccccc1)C(=O)Nc1ccc(N2CCOCC2)cc1. The van der Waals surface area contributed by atoms with Gasteiger partial charge in [0.2, 0.25) is 5.91 Å². The van der Waals surface area contributed by atoms with Gasteiger partial charge < -0.3 is 20.3 Å². The number of ether oxygens (including phenoxy) is 1. The van der Waals surface area contributed by atoms with E-state index >= 15 is 0 Å². The van der Waals surface area contributed by atoms with Crippen molar-refractivity contribution in [2.45, 2.75) is 12.5 Å². The summed E-state index contributed by atoms with van der Waals surface area (Å²) >= 11 is 1.65. The molecule has 0 aliphatic carbocycles. The van der Waals surface area contributed by atoms with Gasteiger partial charge in [-0.15, -0.1) is 0 Å². The van der Waals surface area contributed by atoms with Gasteiger partial charge in [-0.25, -0.2) is 0 Å². The fourth-order valence-electron chi connectivity index (χ4n) is 3.14. The summed E-state index contributed by atoms with van der Waals surface area (Å²) in [6.45, 7) is 3.20. The van der Waals surface area contributed by atoms with Gasteiger partial charge in [0.25, 0.3) is 5.91 Å². The van der Waals surface area contributed by atoms with Crippen molar-refractivity contribution in [2.24, 2.45) is 0 Å². The maximum atomic E-state index is 12.8. The number of benzene rings is 2. The number of nitrogens with one attached hydrogen (secondary N) is 2. The Morgan fingerprint density at radius 2 is 1.76 bits per heavy atom. The van der Waals surface area contributed by atoms with Crippen LogP contribution in [0.15, 0.2) is 54.6 Å². The smallest absolute Gasteiger partial charge is 0.251 e. The zero-order valence-corrected chi connectivity index (χ0v) is 17.4. The highest BCUT2D eigenvalue weighted by molar-refractivity contribution is 7.98. The molecule has 2 amide bonds. The van der Waals surface area contributed by atoms with Crippen molar-refractivity contribution >= 4 is 35.0 Å². The average Bonchev–Trinajstić information content (AvgIpc) is 2.78. The van der Waals surface area contributed by atoms with E-state index in [2.05, 4.69) is 15.5 Å². The Morgan fingerprint density at radius 1 is 1.07 bits per heavy atom. The van der Waals surface area contributed by atoms with Crippen LogP contribution in [-0.4, -0.2) is 56.2 Å². The van der Waals surface area contributed by atoms with Crippen LogP contribution < -0.4 is 15.5 Å². The van der Waals surface area contributed by atoms with Crippen LogP contribution in [0.1, 0.15) is 16.8 Å². The summed E-state index contributed by atoms with van der Waals surface area (Å²) in [7, 11) is 0. The minimum Gasteiger partial charge on any atom is -0.378 e. The Kier molecular flexibility index (Phi) is 7.95. The second kappa shape index (κ2) is 10.9. The van der Waals surface area contributed by atoms with E-state index < -0.39 is 6.04 Å². The number of carbonyl (C=O) groups excluding carboxylic acids is 2. The van der Waals surface area contributed by atoms with E-state index in [0.717, 1.165) is 43.4 Å². The van der Waals surface area contributed by atoms with Gasteiger partial charge in [-0.2, -0.15) is 11.8 Å². The number of amides is 2. The number of thioether (sulfide) groups is 1. The number of anilines is 2. The Bertz CT molecular complexity index is 793. The zero-order chi connectivity index (χ0) is 20.5. The first-order chi connectivity index (χ1) is 14.2. The van der Waals surface area contributed by atoms with Crippen molar-refractivity contribution in [3.8, 4) is 0 Å². The first kappa shape index (κ1) is 21.2. The molecule has 1 saturated heterocycles. The molecule has 6 nitrogen and oxygen atoms in total. The number of rotatable bonds is 8. The Morgan fingerprint density at radius 3 is 2.41 bits per heavy atom. The monoisotopic (exact) mass is 413 g/mol. The number of carbonyl (C=O) groups is 2. The second-order valence-electron chi connectivity index (χ2n) is 6.81. The van der Waals surface area contributed by atoms with Gasteiger partial charge in [0.05, 0.1) is 13.2 Å². The molecule has 3 rings (SSSR count). The number of hydrogen-bond acceptors (Lipinski definition) is 5. The summed E-state index contributed by atoms with van der Waals surface area (Å²) in [5.41, 5.74) is 2.38. The van der Waals surface area contributed by atoms with E-state index in [1.807, 2.05) is 48.7 Å². The van der Waals surface area contributed by atoms with Crippen molar-refractivity contribution in [1.29, 1.82) is 0 Å². The Hall–Kier alpha value is -2.51. The van der Waals surface area contributed by atoms with Crippen LogP contribution in [0.2, 0.25) is 0 Å². The lowest BCUT2D eigenvalue weighted by Gasteiger charge is -2.29. The molecule has 0 radical (unpaired) electrons. The van der Waals surface area contributed by atoms with Gasteiger partial charge in [-0.3, -0.25) is 9.59 Å².